The largest absolute Gasteiger partial charge is 0.492 e. The van der Waals surface area contributed by atoms with Gasteiger partial charge in [-0.1, -0.05) is 18.2 Å². The van der Waals surface area contributed by atoms with E-state index in [0.29, 0.717) is 13.2 Å². The van der Waals surface area contributed by atoms with E-state index in [1.54, 1.807) is 10.8 Å². The quantitative estimate of drug-likeness (QED) is 0.666. The van der Waals surface area contributed by atoms with Gasteiger partial charge in [-0.25, -0.2) is 0 Å². The van der Waals surface area contributed by atoms with Gasteiger partial charge in [0.2, 0.25) is 5.91 Å². The van der Waals surface area contributed by atoms with Gasteiger partial charge >= 0.3 is 0 Å². The fourth-order valence-corrected chi connectivity index (χ4v) is 3.26. The van der Waals surface area contributed by atoms with Crippen LogP contribution >= 0.6 is 0 Å². The summed E-state index contributed by atoms with van der Waals surface area (Å²) in [4.78, 5) is 14.6. The second kappa shape index (κ2) is 8.03. The smallest absolute Gasteiger partial charge is 0.223 e. The topological polar surface area (TPSA) is 84.6 Å². The standard InChI is InChI=1S/C19H22N6O2/c26-19(20-10-13-27-16-4-2-1-3-5-16)15-8-11-24(12-9-15)18-7-6-17-22-21-14-25(17)23-18/h1-7,14-15H,8-13H2,(H,20,26). The maximum absolute atomic E-state index is 12.4. The van der Waals surface area contributed by atoms with Gasteiger partial charge in [0.25, 0.3) is 0 Å². The molecule has 1 amide bonds. The molecule has 0 unspecified atom stereocenters. The van der Waals surface area contributed by atoms with Gasteiger partial charge in [-0.05, 0) is 37.1 Å². The summed E-state index contributed by atoms with van der Waals surface area (Å²) in [6.07, 6.45) is 3.22. The molecule has 1 saturated heterocycles. The van der Waals surface area contributed by atoms with E-state index in [2.05, 4.69) is 25.5 Å². The average Bonchev–Trinajstić information content (AvgIpc) is 3.20. The zero-order chi connectivity index (χ0) is 18.5. The number of aromatic nitrogens is 4. The minimum absolute atomic E-state index is 0.0385. The first-order valence-electron chi connectivity index (χ1n) is 9.17. The predicted octanol–water partition coefficient (Wildman–Crippen LogP) is 1.54. The molecule has 0 aliphatic carbocycles. The number of anilines is 1. The molecule has 1 aromatic carbocycles. The highest BCUT2D eigenvalue weighted by atomic mass is 16.5. The Balaban J connectivity index is 1.22. The summed E-state index contributed by atoms with van der Waals surface area (Å²) in [6.45, 7) is 2.59. The molecule has 0 saturated carbocycles. The molecule has 1 fully saturated rings. The van der Waals surface area contributed by atoms with Crippen LogP contribution in [0.2, 0.25) is 0 Å². The summed E-state index contributed by atoms with van der Waals surface area (Å²) in [5, 5.41) is 15.3. The van der Waals surface area contributed by atoms with E-state index in [9.17, 15) is 4.79 Å². The van der Waals surface area contributed by atoms with E-state index in [1.165, 1.54) is 0 Å². The van der Waals surface area contributed by atoms with Gasteiger partial charge in [0.15, 0.2) is 5.65 Å². The number of carbonyl (C=O) groups excluding carboxylic acids is 1. The summed E-state index contributed by atoms with van der Waals surface area (Å²) in [5.41, 5.74) is 0.728. The number of para-hydroxylation sites is 1. The Morgan fingerprint density at radius 2 is 1.96 bits per heavy atom. The lowest BCUT2D eigenvalue weighted by atomic mass is 9.96. The van der Waals surface area contributed by atoms with Crippen LogP contribution in [0.1, 0.15) is 12.8 Å². The molecule has 3 aromatic rings. The first-order chi connectivity index (χ1) is 13.3. The van der Waals surface area contributed by atoms with Crippen molar-refractivity contribution in [1.29, 1.82) is 0 Å². The Hall–Kier alpha value is -3.16. The molecule has 8 nitrogen and oxygen atoms in total. The summed E-state index contributed by atoms with van der Waals surface area (Å²) in [5.74, 6) is 1.85. The fourth-order valence-electron chi connectivity index (χ4n) is 3.26. The number of nitrogens with zero attached hydrogens (tertiary/aromatic N) is 5. The van der Waals surface area contributed by atoms with E-state index >= 15 is 0 Å². The predicted molar refractivity (Wildman–Crippen MR) is 101 cm³/mol. The molecule has 1 N–H and O–H groups in total. The summed E-state index contributed by atoms with van der Waals surface area (Å²) < 4.78 is 7.27. The van der Waals surface area contributed by atoms with Gasteiger partial charge in [-0.15, -0.1) is 15.3 Å². The molecular formula is C19H22N6O2. The van der Waals surface area contributed by atoms with Crippen LogP contribution < -0.4 is 15.0 Å². The third-order valence-corrected chi connectivity index (χ3v) is 4.75. The Labute approximate surface area is 157 Å². The van der Waals surface area contributed by atoms with E-state index in [-0.39, 0.29) is 11.8 Å². The molecule has 0 atom stereocenters. The van der Waals surface area contributed by atoms with Crippen molar-refractivity contribution in [3.8, 4) is 5.75 Å². The number of hydrogen-bond donors (Lipinski definition) is 1. The van der Waals surface area contributed by atoms with Gasteiger partial charge in [-0.2, -0.15) is 4.52 Å². The number of ether oxygens (including phenoxy) is 1. The Kier molecular flexibility index (Phi) is 5.13. The third kappa shape index (κ3) is 4.16. The van der Waals surface area contributed by atoms with Crippen molar-refractivity contribution >= 4 is 17.4 Å². The molecule has 140 valence electrons. The van der Waals surface area contributed by atoms with Gasteiger partial charge < -0.3 is 15.0 Å². The van der Waals surface area contributed by atoms with Crippen LogP contribution in [0.25, 0.3) is 5.65 Å². The zero-order valence-corrected chi connectivity index (χ0v) is 15.0. The lowest BCUT2D eigenvalue weighted by Crippen LogP contribution is -2.41. The number of rotatable bonds is 6. The van der Waals surface area contributed by atoms with Crippen LogP contribution in [0.3, 0.4) is 0 Å². The van der Waals surface area contributed by atoms with Crippen LogP contribution in [0.5, 0.6) is 5.75 Å². The van der Waals surface area contributed by atoms with Crippen molar-refractivity contribution in [3.63, 3.8) is 0 Å². The van der Waals surface area contributed by atoms with Crippen LogP contribution in [0, 0.1) is 5.92 Å². The number of hydrogen-bond acceptors (Lipinski definition) is 6. The molecule has 0 radical (unpaired) electrons. The minimum atomic E-state index is 0.0385. The van der Waals surface area contributed by atoms with Crippen molar-refractivity contribution < 1.29 is 9.53 Å². The maximum Gasteiger partial charge on any atom is 0.223 e. The van der Waals surface area contributed by atoms with E-state index in [1.807, 2.05) is 42.5 Å². The monoisotopic (exact) mass is 366 g/mol. The number of nitrogens with one attached hydrogen (secondary N) is 1. The zero-order valence-electron chi connectivity index (χ0n) is 15.0. The van der Waals surface area contributed by atoms with Crippen molar-refractivity contribution in [1.82, 2.24) is 25.1 Å². The number of piperidine rings is 1. The van der Waals surface area contributed by atoms with Crippen LogP contribution in [0.15, 0.2) is 48.8 Å². The lowest BCUT2D eigenvalue weighted by Gasteiger charge is -2.32. The number of amides is 1. The first kappa shape index (κ1) is 17.3. The van der Waals surface area contributed by atoms with Crippen LogP contribution in [-0.2, 0) is 4.79 Å². The second-order valence-electron chi connectivity index (χ2n) is 6.54. The molecule has 2 aromatic heterocycles. The summed E-state index contributed by atoms with van der Waals surface area (Å²) in [6, 6.07) is 13.5. The molecule has 27 heavy (non-hydrogen) atoms. The minimum Gasteiger partial charge on any atom is -0.492 e. The fraction of sp³-hybridized carbons (Fsp3) is 0.368. The van der Waals surface area contributed by atoms with Crippen LogP contribution in [0.4, 0.5) is 5.82 Å². The molecule has 4 rings (SSSR count). The van der Waals surface area contributed by atoms with E-state index in [4.69, 9.17) is 4.74 Å². The van der Waals surface area contributed by atoms with Crippen molar-refractivity contribution in [2.45, 2.75) is 12.8 Å². The first-order valence-corrected chi connectivity index (χ1v) is 9.17. The van der Waals surface area contributed by atoms with Crippen molar-refractivity contribution in [2.24, 2.45) is 5.92 Å². The summed E-state index contributed by atoms with van der Waals surface area (Å²) in [7, 11) is 0. The van der Waals surface area contributed by atoms with E-state index in [0.717, 1.165) is 43.1 Å². The maximum atomic E-state index is 12.4. The number of fused-ring (bicyclic) bond motifs is 1. The van der Waals surface area contributed by atoms with E-state index < -0.39 is 0 Å². The van der Waals surface area contributed by atoms with Crippen molar-refractivity contribution in [3.05, 3.63) is 48.8 Å². The Morgan fingerprint density at radius 1 is 1.15 bits per heavy atom. The Bertz CT molecular complexity index is 889. The molecule has 0 bridgehead atoms. The van der Waals surface area contributed by atoms with Gasteiger partial charge in [0.1, 0.15) is 24.5 Å². The second-order valence-corrected chi connectivity index (χ2v) is 6.54. The third-order valence-electron chi connectivity index (χ3n) is 4.75. The molecule has 1 aliphatic rings. The molecular weight excluding hydrogens is 344 g/mol. The molecule has 3 heterocycles. The number of carbonyl (C=O) groups is 1. The van der Waals surface area contributed by atoms with Gasteiger partial charge in [0, 0.05) is 19.0 Å². The van der Waals surface area contributed by atoms with Gasteiger partial charge in [-0.3, -0.25) is 4.79 Å². The number of benzene rings is 1. The highest BCUT2D eigenvalue weighted by Gasteiger charge is 2.25. The Morgan fingerprint density at radius 3 is 2.78 bits per heavy atom. The average molecular weight is 366 g/mol. The molecule has 0 spiro atoms. The molecule has 8 heteroatoms. The molecule has 1 aliphatic heterocycles. The SMILES string of the molecule is O=C(NCCOc1ccccc1)C1CCN(c2ccc3nncn3n2)CC1. The lowest BCUT2D eigenvalue weighted by molar-refractivity contribution is -0.125. The summed E-state index contributed by atoms with van der Waals surface area (Å²) >= 11 is 0. The van der Waals surface area contributed by atoms with Crippen LogP contribution in [-0.4, -0.2) is 52.0 Å². The normalized spacial score (nSPS) is 15.0. The van der Waals surface area contributed by atoms with Crippen molar-refractivity contribution in [2.75, 3.05) is 31.1 Å². The highest BCUT2D eigenvalue weighted by molar-refractivity contribution is 5.78. The van der Waals surface area contributed by atoms with Gasteiger partial charge in [0.05, 0.1) is 6.54 Å². The highest BCUT2D eigenvalue weighted by Crippen LogP contribution is 2.22.